The van der Waals surface area contributed by atoms with E-state index in [1.54, 1.807) is 6.20 Å². The van der Waals surface area contributed by atoms with E-state index >= 15 is 0 Å². The molecule has 1 atom stereocenters. The number of anilines is 1. The van der Waals surface area contributed by atoms with Crippen LogP contribution in [-0.2, 0) is 0 Å². The second-order valence-corrected chi connectivity index (χ2v) is 5.87. The van der Waals surface area contributed by atoms with Crippen LogP contribution in [-0.4, -0.2) is 29.2 Å². The monoisotopic (exact) mass is 306 g/mol. The van der Waals surface area contributed by atoms with E-state index in [0.29, 0.717) is 5.92 Å². The lowest BCUT2D eigenvalue weighted by atomic mass is 9.93. The molecule has 0 saturated carbocycles. The van der Waals surface area contributed by atoms with Crippen LogP contribution in [0.1, 0.15) is 28.3 Å². The molecule has 0 bridgehead atoms. The molecular formula is C18H18N4O. The average molecular weight is 306 g/mol. The van der Waals surface area contributed by atoms with E-state index in [4.69, 9.17) is 0 Å². The number of carbonyl (C=O) groups is 1. The Labute approximate surface area is 134 Å². The Hall–Kier alpha value is -2.66. The molecule has 0 aliphatic carbocycles. The standard InChI is InChI=1S/C18H18N4O/c23-18(21-16-7-3-4-13-11-20-22-17(13)16)15-6-2-1-5-14(15)12-8-9-19-10-12/h1-7,11-12,19H,8-10H2,(H,20,22)(H,21,23). The second-order valence-electron chi connectivity index (χ2n) is 5.87. The van der Waals surface area contributed by atoms with Crippen molar-refractivity contribution in [1.82, 2.24) is 15.5 Å². The molecule has 2 heterocycles. The zero-order valence-corrected chi connectivity index (χ0v) is 12.7. The molecule has 1 aromatic heterocycles. The van der Waals surface area contributed by atoms with Crippen molar-refractivity contribution in [3.8, 4) is 0 Å². The summed E-state index contributed by atoms with van der Waals surface area (Å²) in [6.07, 6.45) is 2.82. The van der Waals surface area contributed by atoms with Crippen LogP contribution in [0, 0.1) is 0 Å². The summed E-state index contributed by atoms with van der Waals surface area (Å²) in [4.78, 5) is 12.8. The topological polar surface area (TPSA) is 69.8 Å². The van der Waals surface area contributed by atoms with E-state index in [9.17, 15) is 4.79 Å². The van der Waals surface area contributed by atoms with Gasteiger partial charge in [0.25, 0.3) is 5.91 Å². The number of amides is 1. The molecule has 0 spiro atoms. The van der Waals surface area contributed by atoms with Crippen molar-refractivity contribution in [3.05, 3.63) is 59.8 Å². The summed E-state index contributed by atoms with van der Waals surface area (Å²) in [6, 6.07) is 13.6. The number of aromatic nitrogens is 2. The molecule has 3 aromatic rings. The van der Waals surface area contributed by atoms with Crippen LogP contribution in [0.3, 0.4) is 0 Å². The first-order chi connectivity index (χ1) is 11.3. The van der Waals surface area contributed by atoms with Gasteiger partial charge < -0.3 is 10.6 Å². The highest BCUT2D eigenvalue weighted by atomic mass is 16.1. The molecule has 1 aliphatic rings. The van der Waals surface area contributed by atoms with Crippen molar-refractivity contribution in [2.45, 2.75) is 12.3 Å². The van der Waals surface area contributed by atoms with Gasteiger partial charge in [-0.15, -0.1) is 0 Å². The summed E-state index contributed by atoms with van der Waals surface area (Å²) in [6.45, 7) is 1.94. The van der Waals surface area contributed by atoms with Gasteiger partial charge in [0.2, 0.25) is 0 Å². The van der Waals surface area contributed by atoms with Gasteiger partial charge >= 0.3 is 0 Å². The Morgan fingerprint density at radius 2 is 2.09 bits per heavy atom. The molecular weight excluding hydrogens is 288 g/mol. The van der Waals surface area contributed by atoms with Gasteiger partial charge in [-0.2, -0.15) is 5.10 Å². The predicted octanol–water partition coefficient (Wildman–Crippen LogP) is 2.89. The van der Waals surface area contributed by atoms with E-state index in [1.165, 1.54) is 0 Å². The largest absolute Gasteiger partial charge is 0.320 e. The summed E-state index contributed by atoms with van der Waals surface area (Å²) in [5, 5.41) is 14.3. The van der Waals surface area contributed by atoms with E-state index in [0.717, 1.165) is 47.2 Å². The number of H-pyrrole nitrogens is 1. The number of nitrogens with one attached hydrogen (secondary N) is 3. The zero-order valence-electron chi connectivity index (χ0n) is 12.7. The van der Waals surface area contributed by atoms with Crippen LogP contribution in [0.25, 0.3) is 10.9 Å². The van der Waals surface area contributed by atoms with Crippen LogP contribution in [0.4, 0.5) is 5.69 Å². The maximum absolute atomic E-state index is 12.8. The number of rotatable bonds is 3. The van der Waals surface area contributed by atoms with Gasteiger partial charge in [-0.1, -0.05) is 30.3 Å². The molecule has 5 nitrogen and oxygen atoms in total. The van der Waals surface area contributed by atoms with Crippen LogP contribution in [0.2, 0.25) is 0 Å². The summed E-state index contributed by atoms with van der Waals surface area (Å²) < 4.78 is 0. The highest BCUT2D eigenvalue weighted by molar-refractivity contribution is 6.09. The van der Waals surface area contributed by atoms with Crippen molar-refractivity contribution >= 4 is 22.5 Å². The summed E-state index contributed by atoms with van der Waals surface area (Å²) in [5.74, 6) is 0.328. The van der Waals surface area contributed by atoms with Crippen LogP contribution in [0.15, 0.2) is 48.7 Å². The smallest absolute Gasteiger partial charge is 0.256 e. The fourth-order valence-corrected chi connectivity index (χ4v) is 3.24. The highest BCUT2D eigenvalue weighted by Crippen LogP contribution is 2.27. The molecule has 1 fully saturated rings. The first kappa shape index (κ1) is 14.0. The lowest BCUT2D eigenvalue weighted by Gasteiger charge is -2.15. The fourth-order valence-electron chi connectivity index (χ4n) is 3.24. The molecule has 116 valence electrons. The van der Waals surface area contributed by atoms with Crippen molar-refractivity contribution in [2.24, 2.45) is 0 Å². The number of hydrogen-bond donors (Lipinski definition) is 3. The van der Waals surface area contributed by atoms with Crippen LogP contribution in [0.5, 0.6) is 0 Å². The molecule has 1 aliphatic heterocycles. The van der Waals surface area contributed by atoms with E-state index in [2.05, 4.69) is 26.9 Å². The van der Waals surface area contributed by atoms with Crippen molar-refractivity contribution in [3.63, 3.8) is 0 Å². The molecule has 3 N–H and O–H groups in total. The molecule has 5 heteroatoms. The van der Waals surface area contributed by atoms with Crippen molar-refractivity contribution in [2.75, 3.05) is 18.4 Å². The lowest BCUT2D eigenvalue weighted by Crippen LogP contribution is -2.17. The predicted molar refractivity (Wildman–Crippen MR) is 90.7 cm³/mol. The average Bonchev–Trinajstić information content (AvgIpc) is 3.27. The van der Waals surface area contributed by atoms with Gasteiger partial charge in [0, 0.05) is 17.5 Å². The minimum Gasteiger partial charge on any atom is -0.320 e. The van der Waals surface area contributed by atoms with E-state index in [-0.39, 0.29) is 5.91 Å². The summed E-state index contributed by atoms with van der Waals surface area (Å²) in [5.41, 5.74) is 3.47. The maximum atomic E-state index is 12.8. The summed E-state index contributed by atoms with van der Waals surface area (Å²) in [7, 11) is 0. The Morgan fingerprint density at radius 3 is 2.96 bits per heavy atom. The Morgan fingerprint density at radius 1 is 1.17 bits per heavy atom. The highest BCUT2D eigenvalue weighted by Gasteiger charge is 2.22. The first-order valence-corrected chi connectivity index (χ1v) is 7.86. The number of aromatic amines is 1. The van der Waals surface area contributed by atoms with Gasteiger partial charge in [0.15, 0.2) is 0 Å². The molecule has 23 heavy (non-hydrogen) atoms. The fraction of sp³-hybridized carbons (Fsp3) is 0.222. The van der Waals surface area contributed by atoms with E-state index in [1.807, 2.05) is 36.4 Å². The molecule has 1 saturated heterocycles. The van der Waals surface area contributed by atoms with Crippen LogP contribution >= 0.6 is 0 Å². The zero-order chi connectivity index (χ0) is 15.6. The molecule has 4 rings (SSSR count). The van der Waals surface area contributed by atoms with E-state index < -0.39 is 0 Å². The SMILES string of the molecule is O=C(Nc1cccc2cn[nH]c12)c1ccccc1C1CCNC1. The normalized spacial score (nSPS) is 17.5. The maximum Gasteiger partial charge on any atom is 0.256 e. The third-order valence-electron chi connectivity index (χ3n) is 4.43. The lowest BCUT2D eigenvalue weighted by molar-refractivity contribution is 0.102. The Balaban J connectivity index is 1.66. The number of para-hydroxylation sites is 1. The molecule has 0 radical (unpaired) electrons. The molecule has 1 amide bonds. The molecule has 2 aromatic carbocycles. The van der Waals surface area contributed by atoms with Crippen molar-refractivity contribution in [1.29, 1.82) is 0 Å². The number of nitrogens with zero attached hydrogens (tertiary/aromatic N) is 1. The van der Waals surface area contributed by atoms with Gasteiger partial charge in [-0.3, -0.25) is 9.89 Å². The van der Waals surface area contributed by atoms with Gasteiger partial charge in [0.05, 0.1) is 17.4 Å². The second kappa shape index (κ2) is 5.85. The van der Waals surface area contributed by atoms with Gasteiger partial charge in [-0.05, 0) is 36.6 Å². The van der Waals surface area contributed by atoms with Gasteiger partial charge in [0.1, 0.15) is 0 Å². The third-order valence-corrected chi connectivity index (χ3v) is 4.43. The van der Waals surface area contributed by atoms with Gasteiger partial charge in [-0.25, -0.2) is 0 Å². The van der Waals surface area contributed by atoms with Crippen molar-refractivity contribution < 1.29 is 4.79 Å². The first-order valence-electron chi connectivity index (χ1n) is 7.86. The molecule has 1 unspecified atom stereocenters. The number of benzene rings is 2. The Kier molecular flexibility index (Phi) is 3.55. The Bertz CT molecular complexity index is 849. The number of carbonyl (C=O) groups excluding carboxylic acids is 1. The number of fused-ring (bicyclic) bond motifs is 1. The third kappa shape index (κ3) is 2.59. The quantitative estimate of drug-likeness (QED) is 0.697. The number of hydrogen-bond acceptors (Lipinski definition) is 3. The minimum absolute atomic E-state index is 0.0744. The minimum atomic E-state index is -0.0744. The van der Waals surface area contributed by atoms with Crippen LogP contribution < -0.4 is 10.6 Å². The summed E-state index contributed by atoms with van der Waals surface area (Å²) >= 11 is 0.